The van der Waals surface area contributed by atoms with Gasteiger partial charge in [0, 0.05) is 10.0 Å². The van der Waals surface area contributed by atoms with Crippen LogP contribution in [0.4, 0.5) is 4.39 Å². The van der Waals surface area contributed by atoms with Crippen LogP contribution < -0.4 is 16.0 Å². The first-order valence-electron chi connectivity index (χ1n) is 6.18. The maximum atomic E-state index is 14.1. The largest absolute Gasteiger partial charge is 0.496 e. The van der Waals surface area contributed by atoms with E-state index in [4.69, 9.17) is 10.6 Å². The van der Waals surface area contributed by atoms with Crippen LogP contribution in [0, 0.1) is 5.82 Å². The van der Waals surface area contributed by atoms with Crippen molar-refractivity contribution in [1.82, 2.24) is 5.43 Å². The lowest BCUT2D eigenvalue weighted by atomic mass is 9.98. The average molecular weight is 339 g/mol. The van der Waals surface area contributed by atoms with Crippen molar-refractivity contribution < 1.29 is 9.13 Å². The van der Waals surface area contributed by atoms with Crippen LogP contribution in [0.3, 0.4) is 0 Å². The number of halogens is 2. The van der Waals surface area contributed by atoms with Gasteiger partial charge < -0.3 is 4.74 Å². The van der Waals surface area contributed by atoms with Crippen molar-refractivity contribution in [1.29, 1.82) is 0 Å². The lowest BCUT2D eigenvalue weighted by molar-refractivity contribution is 0.390. The molecule has 0 saturated heterocycles. The molecule has 0 bridgehead atoms. The highest BCUT2D eigenvalue weighted by atomic mass is 79.9. The fourth-order valence-electron chi connectivity index (χ4n) is 2.13. The normalized spacial score (nSPS) is 12.2. The molecule has 0 saturated carbocycles. The summed E-state index contributed by atoms with van der Waals surface area (Å²) in [6.45, 7) is 0. The van der Waals surface area contributed by atoms with Gasteiger partial charge in [-0.2, -0.15) is 0 Å². The Morgan fingerprint density at radius 3 is 2.55 bits per heavy atom. The Kier molecular flexibility index (Phi) is 5.11. The van der Waals surface area contributed by atoms with E-state index in [-0.39, 0.29) is 11.9 Å². The van der Waals surface area contributed by atoms with Gasteiger partial charge in [0.2, 0.25) is 0 Å². The maximum absolute atomic E-state index is 14.1. The van der Waals surface area contributed by atoms with Gasteiger partial charge in [-0.3, -0.25) is 11.3 Å². The first-order chi connectivity index (χ1) is 9.65. The Hall–Kier alpha value is -1.43. The zero-order valence-corrected chi connectivity index (χ0v) is 12.7. The second-order valence-corrected chi connectivity index (χ2v) is 5.32. The number of ether oxygens (including phenoxy) is 1. The van der Waals surface area contributed by atoms with Crippen LogP contribution >= 0.6 is 15.9 Å². The number of nitrogens with one attached hydrogen (secondary N) is 1. The van der Waals surface area contributed by atoms with Crippen LogP contribution in [0.15, 0.2) is 46.9 Å². The predicted octanol–water partition coefficient (Wildman–Crippen LogP) is 3.34. The van der Waals surface area contributed by atoms with Crippen molar-refractivity contribution >= 4 is 15.9 Å². The van der Waals surface area contributed by atoms with Gasteiger partial charge in [-0.15, -0.1) is 0 Å². The first kappa shape index (κ1) is 15.0. The second kappa shape index (κ2) is 6.83. The molecule has 1 atom stereocenters. The van der Waals surface area contributed by atoms with Crippen LogP contribution in [0.25, 0.3) is 0 Å². The fourth-order valence-corrected chi connectivity index (χ4v) is 2.40. The molecule has 0 radical (unpaired) electrons. The molecule has 0 heterocycles. The van der Waals surface area contributed by atoms with E-state index in [1.165, 1.54) is 13.2 Å². The molecular formula is C15H16BrFN2O. The molecule has 5 heteroatoms. The molecule has 2 aromatic rings. The van der Waals surface area contributed by atoms with Gasteiger partial charge in [0.1, 0.15) is 11.6 Å². The fraction of sp³-hybridized carbons (Fsp3) is 0.200. The van der Waals surface area contributed by atoms with E-state index in [2.05, 4.69) is 21.4 Å². The number of hydrogen-bond acceptors (Lipinski definition) is 3. The zero-order chi connectivity index (χ0) is 14.5. The Morgan fingerprint density at radius 2 is 1.95 bits per heavy atom. The molecule has 0 spiro atoms. The third-order valence-corrected chi connectivity index (χ3v) is 3.66. The highest BCUT2D eigenvalue weighted by molar-refractivity contribution is 9.10. The van der Waals surface area contributed by atoms with Crippen LogP contribution in [-0.2, 0) is 6.42 Å². The van der Waals surface area contributed by atoms with Crippen molar-refractivity contribution in [2.24, 2.45) is 5.84 Å². The summed E-state index contributed by atoms with van der Waals surface area (Å²) in [5, 5.41) is 0. The quantitative estimate of drug-likeness (QED) is 0.649. The van der Waals surface area contributed by atoms with Crippen LogP contribution in [-0.4, -0.2) is 7.11 Å². The number of rotatable bonds is 5. The molecule has 0 amide bonds. The van der Waals surface area contributed by atoms with E-state index < -0.39 is 0 Å². The molecule has 2 rings (SSSR count). The summed E-state index contributed by atoms with van der Waals surface area (Å²) >= 11 is 3.39. The Morgan fingerprint density at radius 1 is 1.25 bits per heavy atom. The third kappa shape index (κ3) is 3.36. The summed E-state index contributed by atoms with van der Waals surface area (Å²) in [6, 6.07) is 12.2. The minimum absolute atomic E-state index is 0.329. The van der Waals surface area contributed by atoms with Crippen molar-refractivity contribution in [3.8, 4) is 5.75 Å². The Labute approximate surface area is 126 Å². The number of hydrazine groups is 1. The maximum Gasteiger partial charge on any atom is 0.131 e. The topological polar surface area (TPSA) is 47.3 Å². The molecule has 106 valence electrons. The third-order valence-electron chi connectivity index (χ3n) is 3.14. The van der Waals surface area contributed by atoms with Crippen LogP contribution in [0.2, 0.25) is 0 Å². The molecular weight excluding hydrogens is 323 g/mol. The molecule has 0 aliphatic rings. The Balaban J connectivity index is 2.31. The summed E-state index contributed by atoms with van der Waals surface area (Å²) in [7, 11) is 1.52. The second-order valence-electron chi connectivity index (χ2n) is 4.41. The van der Waals surface area contributed by atoms with E-state index in [1.807, 2.05) is 24.3 Å². The van der Waals surface area contributed by atoms with Gasteiger partial charge in [-0.05, 0) is 36.2 Å². The highest BCUT2D eigenvalue weighted by Gasteiger charge is 2.19. The minimum Gasteiger partial charge on any atom is -0.496 e. The van der Waals surface area contributed by atoms with E-state index in [0.29, 0.717) is 17.7 Å². The van der Waals surface area contributed by atoms with E-state index in [0.717, 1.165) is 10.0 Å². The molecule has 0 aliphatic heterocycles. The number of hydrogen-bond donors (Lipinski definition) is 2. The SMILES string of the molecule is COc1cccc(F)c1C(Cc1ccc(Br)cc1)NN. The van der Waals surface area contributed by atoms with Gasteiger partial charge in [0.15, 0.2) is 0 Å². The van der Waals surface area contributed by atoms with Gasteiger partial charge in [0.05, 0.1) is 13.2 Å². The van der Waals surface area contributed by atoms with Gasteiger partial charge in [-0.1, -0.05) is 34.1 Å². The molecule has 0 aliphatic carbocycles. The molecule has 2 aromatic carbocycles. The molecule has 1 unspecified atom stereocenters. The summed E-state index contributed by atoms with van der Waals surface area (Å²) < 4.78 is 20.3. The van der Waals surface area contributed by atoms with E-state index in [1.54, 1.807) is 12.1 Å². The number of benzene rings is 2. The monoisotopic (exact) mass is 338 g/mol. The summed E-state index contributed by atoms with van der Waals surface area (Å²) in [6.07, 6.45) is 0.571. The lowest BCUT2D eigenvalue weighted by Crippen LogP contribution is -2.30. The summed E-state index contributed by atoms with van der Waals surface area (Å²) in [4.78, 5) is 0. The van der Waals surface area contributed by atoms with Crippen molar-refractivity contribution in [3.05, 3.63) is 63.9 Å². The van der Waals surface area contributed by atoms with Crippen LogP contribution in [0.1, 0.15) is 17.2 Å². The molecule has 0 fully saturated rings. The summed E-state index contributed by atoms with van der Waals surface area (Å²) in [5.74, 6) is 5.76. The van der Waals surface area contributed by atoms with Gasteiger partial charge >= 0.3 is 0 Å². The Bertz CT molecular complexity index is 575. The molecule has 3 nitrogen and oxygen atoms in total. The van der Waals surface area contributed by atoms with Crippen LogP contribution in [0.5, 0.6) is 5.75 Å². The highest BCUT2D eigenvalue weighted by Crippen LogP contribution is 2.29. The van der Waals surface area contributed by atoms with Crippen molar-refractivity contribution in [2.45, 2.75) is 12.5 Å². The van der Waals surface area contributed by atoms with Crippen molar-refractivity contribution in [3.63, 3.8) is 0 Å². The summed E-state index contributed by atoms with van der Waals surface area (Å²) in [5.41, 5.74) is 4.17. The molecule has 20 heavy (non-hydrogen) atoms. The number of methoxy groups -OCH3 is 1. The van der Waals surface area contributed by atoms with Gasteiger partial charge in [-0.25, -0.2) is 4.39 Å². The lowest BCUT2D eigenvalue weighted by Gasteiger charge is -2.20. The molecule has 3 N–H and O–H groups in total. The number of nitrogens with two attached hydrogens (primary N) is 1. The first-order valence-corrected chi connectivity index (χ1v) is 6.98. The van der Waals surface area contributed by atoms with Gasteiger partial charge in [0.25, 0.3) is 0 Å². The van der Waals surface area contributed by atoms with Crippen molar-refractivity contribution in [2.75, 3.05) is 7.11 Å². The smallest absolute Gasteiger partial charge is 0.131 e. The average Bonchev–Trinajstić information content (AvgIpc) is 2.47. The predicted molar refractivity (Wildman–Crippen MR) is 80.9 cm³/mol. The standard InChI is InChI=1S/C15H16BrFN2O/c1-20-14-4-2-3-12(17)15(14)13(19-18)9-10-5-7-11(16)8-6-10/h2-8,13,19H,9,18H2,1H3. The minimum atomic E-state index is -0.354. The van der Waals surface area contributed by atoms with E-state index >= 15 is 0 Å². The zero-order valence-electron chi connectivity index (χ0n) is 11.1. The molecule has 0 aromatic heterocycles. The van der Waals surface area contributed by atoms with E-state index in [9.17, 15) is 4.39 Å².